The monoisotopic (exact) mass is 372 g/mol. The smallest absolute Gasteiger partial charge is 0.325 e. The fourth-order valence-corrected chi connectivity index (χ4v) is 3.54. The number of nitrogens with zero attached hydrogens (tertiary/aromatic N) is 1. The van der Waals surface area contributed by atoms with E-state index in [0.717, 1.165) is 24.2 Å². The van der Waals surface area contributed by atoms with E-state index in [-0.39, 0.29) is 18.4 Å². The Kier molecular flexibility index (Phi) is 5.43. The van der Waals surface area contributed by atoms with Crippen molar-refractivity contribution in [1.82, 2.24) is 10.2 Å². The van der Waals surface area contributed by atoms with Gasteiger partial charge in [0, 0.05) is 17.8 Å². The van der Waals surface area contributed by atoms with E-state index in [1.165, 1.54) is 0 Å². The SMILES string of the molecule is CCC(=O)Nc1ccc(NC(=O)CN2C(=O)NC3(CCCCC3)C2=O)cc1. The van der Waals surface area contributed by atoms with Gasteiger partial charge >= 0.3 is 6.03 Å². The molecule has 1 aliphatic heterocycles. The fraction of sp³-hybridized carbons (Fsp3) is 0.474. The number of imide groups is 1. The third-order valence-corrected chi connectivity index (χ3v) is 5.03. The summed E-state index contributed by atoms with van der Waals surface area (Å²) < 4.78 is 0. The molecule has 0 radical (unpaired) electrons. The Balaban J connectivity index is 1.58. The van der Waals surface area contributed by atoms with Gasteiger partial charge in [0.1, 0.15) is 12.1 Å². The first-order chi connectivity index (χ1) is 12.9. The van der Waals surface area contributed by atoms with Crippen molar-refractivity contribution in [3.05, 3.63) is 24.3 Å². The van der Waals surface area contributed by atoms with E-state index in [9.17, 15) is 19.2 Å². The van der Waals surface area contributed by atoms with Crippen LogP contribution in [0, 0.1) is 0 Å². The van der Waals surface area contributed by atoms with E-state index in [0.29, 0.717) is 30.6 Å². The summed E-state index contributed by atoms with van der Waals surface area (Å²) >= 11 is 0. The molecule has 1 saturated heterocycles. The van der Waals surface area contributed by atoms with Gasteiger partial charge in [-0.15, -0.1) is 0 Å². The molecule has 2 fully saturated rings. The molecule has 0 aromatic heterocycles. The van der Waals surface area contributed by atoms with Gasteiger partial charge in [0.25, 0.3) is 5.91 Å². The third-order valence-electron chi connectivity index (χ3n) is 5.03. The molecule has 144 valence electrons. The average Bonchev–Trinajstić information content (AvgIpc) is 2.88. The minimum absolute atomic E-state index is 0.0954. The highest BCUT2D eigenvalue weighted by Crippen LogP contribution is 2.33. The number of amides is 5. The number of anilines is 2. The van der Waals surface area contributed by atoms with Crippen LogP contribution < -0.4 is 16.0 Å². The zero-order valence-electron chi connectivity index (χ0n) is 15.3. The molecule has 2 aliphatic rings. The van der Waals surface area contributed by atoms with Crippen LogP contribution in [0.2, 0.25) is 0 Å². The molecule has 8 heteroatoms. The Morgan fingerprint density at radius 3 is 2.11 bits per heavy atom. The molecule has 8 nitrogen and oxygen atoms in total. The minimum Gasteiger partial charge on any atom is -0.326 e. The highest BCUT2D eigenvalue weighted by molar-refractivity contribution is 6.10. The summed E-state index contributed by atoms with van der Waals surface area (Å²) in [5.74, 6) is -0.848. The molecule has 0 bridgehead atoms. The zero-order valence-corrected chi connectivity index (χ0v) is 15.3. The van der Waals surface area contributed by atoms with Crippen molar-refractivity contribution in [2.45, 2.75) is 51.0 Å². The van der Waals surface area contributed by atoms with Gasteiger partial charge in [-0.1, -0.05) is 26.2 Å². The van der Waals surface area contributed by atoms with Crippen LogP contribution in [0.5, 0.6) is 0 Å². The maximum absolute atomic E-state index is 12.7. The average molecular weight is 372 g/mol. The van der Waals surface area contributed by atoms with Crippen LogP contribution in [0.25, 0.3) is 0 Å². The predicted octanol–water partition coefficient (Wildman–Crippen LogP) is 2.23. The minimum atomic E-state index is -0.825. The lowest BCUT2D eigenvalue weighted by atomic mass is 9.82. The highest BCUT2D eigenvalue weighted by Gasteiger charge is 2.51. The van der Waals surface area contributed by atoms with Crippen LogP contribution >= 0.6 is 0 Å². The molecule has 1 saturated carbocycles. The van der Waals surface area contributed by atoms with E-state index in [1.807, 2.05) is 0 Å². The summed E-state index contributed by atoms with van der Waals surface area (Å²) in [5, 5.41) is 8.17. The standard InChI is InChI=1S/C19H24N4O4/c1-2-15(24)20-13-6-8-14(9-7-13)21-16(25)12-23-17(26)19(22-18(23)27)10-4-3-5-11-19/h6-9H,2-5,10-12H2,1H3,(H,20,24)(H,21,25)(H,22,27). The molecule has 1 aliphatic carbocycles. The van der Waals surface area contributed by atoms with Crippen LogP contribution in [-0.4, -0.2) is 40.7 Å². The molecule has 1 spiro atoms. The number of urea groups is 1. The number of carbonyl (C=O) groups excluding carboxylic acids is 4. The maximum atomic E-state index is 12.7. The van der Waals surface area contributed by atoms with Crippen molar-refractivity contribution >= 4 is 35.1 Å². The number of hydrogen-bond acceptors (Lipinski definition) is 4. The Bertz CT molecular complexity index is 753. The summed E-state index contributed by atoms with van der Waals surface area (Å²) in [6.45, 7) is 1.44. The largest absolute Gasteiger partial charge is 0.326 e. The van der Waals surface area contributed by atoms with Gasteiger partial charge in [-0.25, -0.2) is 4.79 Å². The fourth-order valence-electron chi connectivity index (χ4n) is 3.54. The molecule has 3 rings (SSSR count). The summed E-state index contributed by atoms with van der Waals surface area (Å²) in [5.41, 5.74) is 0.330. The predicted molar refractivity (Wildman–Crippen MR) is 100 cm³/mol. The second-order valence-corrected chi connectivity index (χ2v) is 6.99. The summed E-state index contributed by atoms with van der Waals surface area (Å²) in [7, 11) is 0. The lowest BCUT2D eigenvalue weighted by molar-refractivity contribution is -0.134. The van der Waals surface area contributed by atoms with Crippen molar-refractivity contribution in [1.29, 1.82) is 0 Å². The van der Waals surface area contributed by atoms with Crippen molar-refractivity contribution in [2.24, 2.45) is 0 Å². The molecule has 5 amide bonds. The quantitative estimate of drug-likeness (QED) is 0.689. The van der Waals surface area contributed by atoms with Gasteiger partial charge in [-0.3, -0.25) is 19.3 Å². The van der Waals surface area contributed by atoms with Gasteiger partial charge in [0.2, 0.25) is 11.8 Å². The first-order valence-corrected chi connectivity index (χ1v) is 9.27. The second-order valence-electron chi connectivity index (χ2n) is 6.99. The van der Waals surface area contributed by atoms with Crippen LogP contribution in [0.3, 0.4) is 0 Å². The number of benzene rings is 1. The lowest BCUT2D eigenvalue weighted by Gasteiger charge is -2.30. The molecule has 0 atom stereocenters. The van der Waals surface area contributed by atoms with Gasteiger partial charge in [-0.2, -0.15) is 0 Å². The molecular weight excluding hydrogens is 348 g/mol. The second kappa shape index (κ2) is 7.77. The van der Waals surface area contributed by atoms with Gasteiger partial charge in [0.15, 0.2) is 0 Å². The van der Waals surface area contributed by atoms with E-state index >= 15 is 0 Å². The van der Waals surface area contributed by atoms with Crippen molar-refractivity contribution in [3.63, 3.8) is 0 Å². The Morgan fingerprint density at radius 1 is 1.00 bits per heavy atom. The van der Waals surface area contributed by atoms with E-state index in [1.54, 1.807) is 31.2 Å². The summed E-state index contributed by atoms with van der Waals surface area (Å²) in [6.07, 6.45) is 4.48. The van der Waals surface area contributed by atoms with Gasteiger partial charge < -0.3 is 16.0 Å². The Labute approximate surface area is 157 Å². The molecule has 3 N–H and O–H groups in total. The summed E-state index contributed by atoms with van der Waals surface area (Å²) in [4.78, 5) is 49.5. The first-order valence-electron chi connectivity index (χ1n) is 9.27. The number of hydrogen-bond donors (Lipinski definition) is 3. The molecule has 27 heavy (non-hydrogen) atoms. The molecule has 1 aromatic carbocycles. The van der Waals surface area contributed by atoms with Crippen molar-refractivity contribution in [3.8, 4) is 0 Å². The van der Waals surface area contributed by atoms with E-state index < -0.39 is 17.5 Å². The van der Waals surface area contributed by atoms with Crippen LogP contribution in [0.15, 0.2) is 24.3 Å². The number of rotatable bonds is 5. The number of carbonyl (C=O) groups is 4. The number of nitrogens with one attached hydrogen (secondary N) is 3. The maximum Gasteiger partial charge on any atom is 0.325 e. The molecule has 1 heterocycles. The van der Waals surface area contributed by atoms with E-state index in [2.05, 4.69) is 16.0 Å². The van der Waals surface area contributed by atoms with Crippen molar-refractivity contribution in [2.75, 3.05) is 17.2 Å². The molecule has 1 aromatic rings. The Hall–Kier alpha value is -2.90. The van der Waals surface area contributed by atoms with Crippen LogP contribution in [0.1, 0.15) is 45.4 Å². The van der Waals surface area contributed by atoms with Gasteiger partial charge in [0.05, 0.1) is 0 Å². The lowest BCUT2D eigenvalue weighted by Crippen LogP contribution is -2.48. The van der Waals surface area contributed by atoms with Crippen LogP contribution in [-0.2, 0) is 14.4 Å². The topological polar surface area (TPSA) is 108 Å². The Morgan fingerprint density at radius 2 is 1.56 bits per heavy atom. The summed E-state index contributed by atoms with van der Waals surface area (Å²) in [6, 6.07) is 6.15. The first kappa shape index (κ1) is 18.9. The third kappa shape index (κ3) is 4.10. The van der Waals surface area contributed by atoms with E-state index in [4.69, 9.17) is 0 Å². The van der Waals surface area contributed by atoms with Gasteiger partial charge in [-0.05, 0) is 37.1 Å². The molecular formula is C19H24N4O4. The highest BCUT2D eigenvalue weighted by atomic mass is 16.2. The molecule has 0 unspecified atom stereocenters. The normalized spacial score (nSPS) is 18.3. The van der Waals surface area contributed by atoms with Crippen LogP contribution in [0.4, 0.5) is 16.2 Å². The van der Waals surface area contributed by atoms with Crippen molar-refractivity contribution < 1.29 is 19.2 Å². The zero-order chi connectivity index (χ0) is 19.4.